The van der Waals surface area contributed by atoms with E-state index in [9.17, 15) is 14.4 Å². The Balaban J connectivity index is 2.11. The van der Waals surface area contributed by atoms with E-state index in [0.29, 0.717) is 6.54 Å². The molecule has 134 valence electrons. The average molecular weight is 351 g/mol. The molecule has 0 spiro atoms. The van der Waals surface area contributed by atoms with E-state index < -0.39 is 5.91 Å². The molecule has 0 saturated heterocycles. The highest BCUT2D eigenvalue weighted by Crippen LogP contribution is 2.27. The Bertz CT molecular complexity index is 866. The minimum atomic E-state index is -0.476. The van der Waals surface area contributed by atoms with Crippen LogP contribution in [0, 0.1) is 24.1 Å². The molecule has 0 aromatic heterocycles. The minimum absolute atomic E-state index is 0.0423. The summed E-state index contributed by atoms with van der Waals surface area (Å²) in [7, 11) is 0. The number of carbonyl (C=O) groups excluding carboxylic acids is 1. The van der Waals surface area contributed by atoms with Crippen LogP contribution < -0.4 is 10.6 Å². The number of amides is 1. The van der Waals surface area contributed by atoms with E-state index in [0.717, 1.165) is 22.4 Å². The summed E-state index contributed by atoms with van der Waals surface area (Å²) in [6.07, 6.45) is 1.35. The molecule has 0 aliphatic carbocycles. The maximum atomic E-state index is 13.2. The molecule has 0 bridgehead atoms. The second-order valence-electron chi connectivity index (χ2n) is 6.33. The average Bonchev–Trinajstić information content (AvgIpc) is 2.60. The summed E-state index contributed by atoms with van der Waals surface area (Å²) in [4.78, 5) is 12.5. The van der Waals surface area contributed by atoms with Crippen LogP contribution >= 0.6 is 0 Å². The number of para-hydroxylation sites is 1. The van der Waals surface area contributed by atoms with E-state index in [1.165, 1.54) is 18.3 Å². The van der Waals surface area contributed by atoms with E-state index in [1.54, 1.807) is 12.1 Å². The third kappa shape index (κ3) is 4.93. The van der Waals surface area contributed by atoms with Gasteiger partial charge in [0.05, 0.1) is 0 Å². The summed E-state index contributed by atoms with van der Waals surface area (Å²) in [5.41, 5.74) is 3.37. The summed E-state index contributed by atoms with van der Waals surface area (Å²) in [5, 5.41) is 15.0. The number of halogens is 1. The van der Waals surface area contributed by atoms with Gasteiger partial charge in [-0.1, -0.05) is 44.2 Å². The first-order chi connectivity index (χ1) is 12.4. The molecule has 2 aromatic rings. The highest BCUT2D eigenvalue weighted by atomic mass is 19.1. The van der Waals surface area contributed by atoms with Crippen molar-refractivity contribution in [3.8, 4) is 6.07 Å². The molecule has 0 saturated carbocycles. The van der Waals surface area contributed by atoms with Crippen LogP contribution in [-0.4, -0.2) is 5.91 Å². The normalized spacial score (nSPS) is 11.2. The van der Waals surface area contributed by atoms with Crippen LogP contribution in [0.1, 0.15) is 36.5 Å². The van der Waals surface area contributed by atoms with Gasteiger partial charge in [-0.3, -0.25) is 4.79 Å². The number of hydrogen-bond donors (Lipinski definition) is 2. The second kappa shape index (κ2) is 8.82. The summed E-state index contributed by atoms with van der Waals surface area (Å²) >= 11 is 0. The Morgan fingerprint density at radius 1 is 1.27 bits per heavy atom. The molecule has 2 N–H and O–H groups in total. The molecule has 0 fully saturated rings. The molecule has 2 aromatic carbocycles. The number of anilines is 1. The lowest BCUT2D eigenvalue weighted by molar-refractivity contribution is -0.112. The molecular formula is C21H22FN3O. The smallest absolute Gasteiger partial charge is 0.267 e. The number of nitriles is 1. The van der Waals surface area contributed by atoms with Gasteiger partial charge in [-0.25, -0.2) is 4.39 Å². The number of hydrogen-bond acceptors (Lipinski definition) is 3. The number of carbonyl (C=O) groups is 1. The lowest BCUT2D eigenvalue weighted by atomic mass is 9.98. The number of aryl methyl sites for hydroxylation is 1. The third-order valence-electron chi connectivity index (χ3n) is 3.97. The number of nitrogens with zero attached hydrogens (tertiary/aromatic N) is 1. The van der Waals surface area contributed by atoms with Crippen LogP contribution in [0.2, 0.25) is 0 Å². The molecule has 0 radical (unpaired) electrons. The van der Waals surface area contributed by atoms with Gasteiger partial charge in [-0.2, -0.15) is 5.26 Å². The monoisotopic (exact) mass is 351 g/mol. The lowest BCUT2D eigenvalue weighted by Gasteiger charge is -2.16. The first-order valence-electron chi connectivity index (χ1n) is 8.41. The van der Waals surface area contributed by atoms with Crippen molar-refractivity contribution in [1.82, 2.24) is 5.32 Å². The van der Waals surface area contributed by atoms with Crippen LogP contribution in [0.15, 0.2) is 54.2 Å². The van der Waals surface area contributed by atoms with Crippen molar-refractivity contribution in [2.45, 2.75) is 33.2 Å². The summed E-state index contributed by atoms with van der Waals surface area (Å²) in [6, 6.07) is 13.9. The van der Waals surface area contributed by atoms with Crippen molar-refractivity contribution in [3.63, 3.8) is 0 Å². The molecule has 0 aliphatic heterocycles. The van der Waals surface area contributed by atoms with Crippen molar-refractivity contribution >= 4 is 11.6 Å². The first kappa shape index (κ1) is 19.2. The minimum Gasteiger partial charge on any atom is -0.386 e. The fourth-order valence-corrected chi connectivity index (χ4v) is 2.59. The van der Waals surface area contributed by atoms with Gasteiger partial charge in [-0.15, -0.1) is 0 Å². The van der Waals surface area contributed by atoms with E-state index in [-0.39, 0.29) is 17.3 Å². The summed E-state index contributed by atoms with van der Waals surface area (Å²) in [6.45, 7) is 6.33. The number of nitrogens with one attached hydrogen (secondary N) is 2. The highest BCUT2D eigenvalue weighted by Gasteiger charge is 2.15. The largest absolute Gasteiger partial charge is 0.386 e. The molecule has 0 atom stereocenters. The molecule has 0 unspecified atom stereocenters. The van der Waals surface area contributed by atoms with Gasteiger partial charge in [0.15, 0.2) is 0 Å². The SMILES string of the molecule is Cc1cccc(C(C)C)c1NC(=O)/C(C#N)=C\NCc1cccc(F)c1. The second-order valence-corrected chi connectivity index (χ2v) is 6.33. The van der Waals surface area contributed by atoms with Crippen molar-refractivity contribution in [3.05, 3.63) is 76.7 Å². The highest BCUT2D eigenvalue weighted by molar-refractivity contribution is 6.07. The van der Waals surface area contributed by atoms with Crippen LogP contribution in [0.25, 0.3) is 0 Å². The molecule has 0 heterocycles. The van der Waals surface area contributed by atoms with Crippen molar-refractivity contribution in [2.75, 3.05) is 5.32 Å². The molecule has 1 amide bonds. The van der Waals surface area contributed by atoms with Gasteiger partial charge < -0.3 is 10.6 Å². The molecule has 2 rings (SSSR count). The van der Waals surface area contributed by atoms with E-state index in [2.05, 4.69) is 10.6 Å². The molecular weight excluding hydrogens is 329 g/mol. The molecule has 0 aliphatic rings. The maximum Gasteiger partial charge on any atom is 0.267 e. The van der Waals surface area contributed by atoms with Crippen LogP contribution in [0.5, 0.6) is 0 Å². The van der Waals surface area contributed by atoms with E-state index in [4.69, 9.17) is 0 Å². The standard InChI is InChI=1S/C21H22FN3O/c1-14(2)19-9-4-6-15(3)20(19)25-21(26)17(11-23)13-24-12-16-7-5-8-18(22)10-16/h4-10,13-14,24H,12H2,1-3H3,(H,25,26)/b17-13-. The van der Waals surface area contributed by atoms with Gasteiger partial charge in [0.1, 0.15) is 17.5 Å². The van der Waals surface area contributed by atoms with Crippen molar-refractivity contribution in [1.29, 1.82) is 5.26 Å². The van der Waals surface area contributed by atoms with Gasteiger partial charge in [0, 0.05) is 18.4 Å². The number of rotatable bonds is 6. The quantitative estimate of drug-likeness (QED) is 0.599. The topological polar surface area (TPSA) is 64.9 Å². The Kier molecular flexibility index (Phi) is 6.51. The Morgan fingerprint density at radius 3 is 2.65 bits per heavy atom. The molecule has 4 nitrogen and oxygen atoms in total. The zero-order valence-electron chi connectivity index (χ0n) is 15.1. The summed E-state index contributed by atoms with van der Waals surface area (Å²) in [5.74, 6) is -0.562. The Labute approximate surface area is 153 Å². The third-order valence-corrected chi connectivity index (χ3v) is 3.97. The van der Waals surface area contributed by atoms with E-state index >= 15 is 0 Å². The lowest BCUT2D eigenvalue weighted by Crippen LogP contribution is -2.18. The van der Waals surface area contributed by atoms with Gasteiger partial charge in [0.2, 0.25) is 0 Å². The fourth-order valence-electron chi connectivity index (χ4n) is 2.59. The van der Waals surface area contributed by atoms with Crippen molar-refractivity contribution in [2.24, 2.45) is 0 Å². The molecule has 5 heteroatoms. The summed E-state index contributed by atoms with van der Waals surface area (Å²) < 4.78 is 13.2. The predicted molar refractivity (Wildman–Crippen MR) is 101 cm³/mol. The Hall–Kier alpha value is -3.13. The fraction of sp³-hybridized carbons (Fsp3) is 0.238. The molecule has 26 heavy (non-hydrogen) atoms. The zero-order chi connectivity index (χ0) is 19.1. The number of benzene rings is 2. The zero-order valence-corrected chi connectivity index (χ0v) is 15.1. The van der Waals surface area contributed by atoms with Gasteiger partial charge >= 0.3 is 0 Å². The Morgan fingerprint density at radius 2 is 2.00 bits per heavy atom. The van der Waals surface area contributed by atoms with Crippen LogP contribution in [0.4, 0.5) is 10.1 Å². The first-order valence-corrected chi connectivity index (χ1v) is 8.41. The van der Waals surface area contributed by atoms with Gasteiger partial charge in [0.25, 0.3) is 5.91 Å². The van der Waals surface area contributed by atoms with Crippen LogP contribution in [-0.2, 0) is 11.3 Å². The van der Waals surface area contributed by atoms with Crippen molar-refractivity contribution < 1.29 is 9.18 Å². The van der Waals surface area contributed by atoms with Gasteiger partial charge in [-0.05, 0) is 41.7 Å². The van der Waals surface area contributed by atoms with Crippen LogP contribution in [0.3, 0.4) is 0 Å². The van der Waals surface area contributed by atoms with E-state index in [1.807, 2.05) is 45.0 Å². The predicted octanol–water partition coefficient (Wildman–Crippen LogP) is 4.39. The maximum absolute atomic E-state index is 13.2.